The van der Waals surface area contributed by atoms with Gasteiger partial charge in [-0.2, -0.15) is 0 Å². The van der Waals surface area contributed by atoms with Crippen LogP contribution in [-0.2, 0) is 0 Å². The number of rotatable bonds is 4. The van der Waals surface area contributed by atoms with Crippen LogP contribution in [0.1, 0.15) is 37.0 Å². The van der Waals surface area contributed by atoms with Crippen molar-refractivity contribution in [2.24, 2.45) is 5.92 Å². The molecule has 0 atom stereocenters. The Morgan fingerprint density at radius 3 is 2.44 bits per heavy atom. The van der Waals surface area contributed by atoms with Crippen LogP contribution in [0.4, 0.5) is 0 Å². The zero-order chi connectivity index (χ0) is 13.1. The summed E-state index contributed by atoms with van der Waals surface area (Å²) in [6.45, 7) is 4.29. The van der Waals surface area contributed by atoms with Crippen LogP contribution in [0.25, 0.3) is 10.8 Å². The van der Waals surface area contributed by atoms with Crippen LogP contribution >= 0.6 is 15.9 Å². The molecule has 1 nitrogen and oxygen atoms in total. The van der Waals surface area contributed by atoms with Gasteiger partial charge in [0.1, 0.15) is 0 Å². The van der Waals surface area contributed by atoms with Crippen molar-refractivity contribution in [3.05, 3.63) is 46.4 Å². The van der Waals surface area contributed by atoms with Crippen molar-refractivity contribution in [3.63, 3.8) is 0 Å². The van der Waals surface area contributed by atoms with Crippen molar-refractivity contribution in [1.29, 1.82) is 0 Å². The van der Waals surface area contributed by atoms with Gasteiger partial charge in [-0.15, -0.1) is 0 Å². The van der Waals surface area contributed by atoms with Crippen molar-refractivity contribution in [2.45, 2.75) is 26.7 Å². The summed E-state index contributed by atoms with van der Waals surface area (Å²) in [5, 5.41) is 2.15. The van der Waals surface area contributed by atoms with Gasteiger partial charge in [0.2, 0.25) is 0 Å². The molecule has 0 amide bonds. The Kier molecular flexibility index (Phi) is 4.18. The van der Waals surface area contributed by atoms with E-state index in [4.69, 9.17) is 0 Å². The third-order valence-corrected chi connectivity index (χ3v) is 3.81. The van der Waals surface area contributed by atoms with Crippen molar-refractivity contribution in [3.8, 4) is 0 Å². The Hall–Kier alpha value is -1.15. The molecule has 0 N–H and O–H groups in total. The maximum absolute atomic E-state index is 12.3. The standard InChI is InChI=1S/C16H17BrO/c1-11(2)7-10-16(18)14-8-9-15(17)13-6-4-3-5-12(13)14/h3-6,8-9,11H,7,10H2,1-2H3. The van der Waals surface area contributed by atoms with Gasteiger partial charge in [-0.3, -0.25) is 4.79 Å². The van der Waals surface area contributed by atoms with Crippen LogP contribution in [0, 0.1) is 5.92 Å². The van der Waals surface area contributed by atoms with Gasteiger partial charge in [0.25, 0.3) is 0 Å². The van der Waals surface area contributed by atoms with Crippen molar-refractivity contribution >= 4 is 32.5 Å². The van der Waals surface area contributed by atoms with Gasteiger partial charge in [-0.05, 0) is 35.2 Å². The lowest BCUT2D eigenvalue weighted by atomic mass is 9.97. The van der Waals surface area contributed by atoms with Crippen LogP contribution in [0.5, 0.6) is 0 Å². The fourth-order valence-corrected chi connectivity index (χ4v) is 2.54. The zero-order valence-electron chi connectivity index (χ0n) is 10.7. The summed E-state index contributed by atoms with van der Waals surface area (Å²) in [6, 6.07) is 11.9. The quantitative estimate of drug-likeness (QED) is 0.708. The summed E-state index contributed by atoms with van der Waals surface area (Å²) in [5.41, 5.74) is 0.842. The van der Waals surface area contributed by atoms with Crippen molar-refractivity contribution in [2.75, 3.05) is 0 Å². The molecule has 94 valence electrons. The first-order valence-corrected chi connectivity index (χ1v) is 7.09. The number of ketones is 1. The van der Waals surface area contributed by atoms with E-state index >= 15 is 0 Å². The van der Waals surface area contributed by atoms with Crippen LogP contribution < -0.4 is 0 Å². The molecule has 0 fully saturated rings. The van der Waals surface area contributed by atoms with Gasteiger partial charge < -0.3 is 0 Å². The summed E-state index contributed by atoms with van der Waals surface area (Å²) in [5.74, 6) is 0.808. The van der Waals surface area contributed by atoms with Gasteiger partial charge in [-0.1, -0.05) is 54.0 Å². The maximum Gasteiger partial charge on any atom is 0.163 e. The molecule has 0 unspecified atom stereocenters. The first kappa shape index (κ1) is 13.3. The van der Waals surface area contributed by atoms with E-state index in [0.717, 1.165) is 27.2 Å². The molecule has 0 heterocycles. The van der Waals surface area contributed by atoms with Gasteiger partial charge in [0.15, 0.2) is 5.78 Å². The van der Waals surface area contributed by atoms with E-state index in [1.807, 2.05) is 36.4 Å². The van der Waals surface area contributed by atoms with Gasteiger partial charge in [0, 0.05) is 16.5 Å². The average molecular weight is 305 g/mol. The van der Waals surface area contributed by atoms with Gasteiger partial charge >= 0.3 is 0 Å². The van der Waals surface area contributed by atoms with E-state index in [9.17, 15) is 4.79 Å². The fourth-order valence-electron chi connectivity index (χ4n) is 2.06. The smallest absolute Gasteiger partial charge is 0.163 e. The lowest BCUT2D eigenvalue weighted by Crippen LogP contribution is -2.02. The fraction of sp³-hybridized carbons (Fsp3) is 0.312. The minimum absolute atomic E-state index is 0.243. The lowest BCUT2D eigenvalue weighted by Gasteiger charge is -2.08. The highest BCUT2D eigenvalue weighted by atomic mass is 79.9. The maximum atomic E-state index is 12.3. The molecule has 0 spiro atoms. The molecule has 0 aliphatic rings. The van der Waals surface area contributed by atoms with E-state index in [1.165, 1.54) is 0 Å². The molecule has 2 aromatic rings. The summed E-state index contributed by atoms with van der Waals surface area (Å²) in [4.78, 5) is 12.3. The minimum Gasteiger partial charge on any atom is -0.294 e. The molecular formula is C16H17BrO. The molecule has 0 saturated carbocycles. The van der Waals surface area contributed by atoms with Gasteiger partial charge in [-0.25, -0.2) is 0 Å². The number of hydrogen-bond acceptors (Lipinski definition) is 1. The van der Waals surface area contributed by atoms with E-state index in [0.29, 0.717) is 12.3 Å². The number of fused-ring (bicyclic) bond motifs is 1. The SMILES string of the molecule is CC(C)CCC(=O)c1ccc(Br)c2ccccc12. The predicted octanol–water partition coefficient (Wildman–Crippen LogP) is 5.22. The largest absolute Gasteiger partial charge is 0.294 e. The third kappa shape index (κ3) is 2.81. The molecular weight excluding hydrogens is 288 g/mol. The molecule has 18 heavy (non-hydrogen) atoms. The molecule has 0 saturated heterocycles. The Labute approximate surface area is 116 Å². The Bertz CT molecular complexity index is 572. The average Bonchev–Trinajstić information content (AvgIpc) is 2.37. The third-order valence-electron chi connectivity index (χ3n) is 3.12. The van der Waals surface area contributed by atoms with E-state index in [1.54, 1.807) is 0 Å². The molecule has 0 radical (unpaired) electrons. The Balaban J connectivity index is 2.39. The van der Waals surface area contributed by atoms with Crippen molar-refractivity contribution < 1.29 is 4.79 Å². The van der Waals surface area contributed by atoms with Crippen LogP contribution in [0.15, 0.2) is 40.9 Å². The van der Waals surface area contributed by atoms with Crippen LogP contribution in [0.3, 0.4) is 0 Å². The zero-order valence-corrected chi connectivity index (χ0v) is 12.3. The highest BCUT2D eigenvalue weighted by Crippen LogP contribution is 2.27. The van der Waals surface area contributed by atoms with E-state index < -0.39 is 0 Å². The topological polar surface area (TPSA) is 17.1 Å². The second-order valence-corrected chi connectivity index (χ2v) is 5.85. The Morgan fingerprint density at radius 2 is 1.78 bits per heavy atom. The first-order valence-electron chi connectivity index (χ1n) is 6.30. The number of carbonyl (C=O) groups is 1. The highest BCUT2D eigenvalue weighted by molar-refractivity contribution is 9.10. The normalized spacial score (nSPS) is 11.1. The first-order chi connectivity index (χ1) is 8.59. The summed E-state index contributed by atoms with van der Waals surface area (Å²) in [7, 11) is 0. The molecule has 2 aromatic carbocycles. The molecule has 2 heteroatoms. The van der Waals surface area contributed by atoms with Crippen LogP contribution in [-0.4, -0.2) is 5.78 Å². The lowest BCUT2D eigenvalue weighted by molar-refractivity contribution is 0.0977. The van der Waals surface area contributed by atoms with E-state index in [2.05, 4.69) is 29.8 Å². The predicted molar refractivity (Wildman–Crippen MR) is 80.1 cm³/mol. The van der Waals surface area contributed by atoms with Crippen molar-refractivity contribution in [1.82, 2.24) is 0 Å². The Morgan fingerprint density at radius 1 is 1.11 bits per heavy atom. The number of carbonyl (C=O) groups excluding carboxylic acids is 1. The number of halogens is 1. The monoisotopic (exact) mass is 304 g/mol. The van der Waals surface area contributed by atoms with Gasteiger partial charge in [0.05, 0.1) is 0 Å². The number of benzene rings is 2. The highest BCUT2D eigenvalue weighted by Gasteiger charge is 2.11. The molecule has 0 bridgehead atoms. The number of hydrogen-bond donors (Lipinski definition) is 0. The summed E-state index contributed by atoms with van der Waals surface area (Å²) >= 11 is 3.53. The summed E-state index contributed by atoms with van der Waals surface area (Å²) in [6.07, 6.45) is 1.58. The van der Waals surface area contributed by atoms with Crippen LogP contribution in [0.2, 0.25) is 0 Å². The molecule has 2 rings (SSSR count). The molecule has 0 aliphatic heterocycles. The second kappa shape index (κ2) is 5.66. The summed E-state index contributed by atoms with van der Waals surface area (Å²) < 4.78 is 1.04. The van der Waals surface area contributed by atoms with E-state index in [-0.39, 0.29) is 5.78 Å². The molecule has 0 aliphatic carbocycles. The molecule has 0 aromatic heterocycles. The number of Topliss-reactive ketones (excluding diaryl/α,β-unsaturated/α-hetero) is 1. The minimum atomic E-state index is 0.243. The second-order valence-electron chi connectivity index (χ2n) is 5.00.